The van der Waals surface area contributed by atoms with E-state index in [1.807, 2.05) is 29.3 Å². The summed E-state index contributed by atoms with van der Waals surface area (Å²) >= 11 is 3.47. The first-order valence-corrected chi connectivity index (χ1v) is 16.0. The molecule has 1 unspecified atom stereocenters. The molecule has 0 spiro atoms. The second-order valence-electron chi connectivity index (χ2n) is 11.6. The number of hydrogen-bond donors (Lipinski definition) is 2. The number of ether oxygens (including phenoxy) is 2. The molecule has 8 nitrogen and oxygen atoms in total. The van der Waals surface area contributed by atoms with E-state index in [9.17, 15) is 14.7 Å². The molecule has 0 bridgehead atoms. The quantitative estimate of drug-likeness (QED) is 0.172. The number of aryl methyl sites for hydroxylation is 1. The van der Waals surface area contributed by atoms with Crippen LogP contribution in [0.4, 0.5) is 11.4 Å². The van der Waals surface area contributed by atoms with Gasteiger partial charge in [-0.2, -0.15) is 0 Å². The number of carboxylic acids is 1. The molecular formula is C36H40BrN3O5. The number of allylic oxidation sites excluding steroid dienone is 2. The number of nitrogens with one attached hydrogen (secondary N) is 1. The Kier molecular flexibility index (Phi) is 9.99. The summed E-state index contributed by atoms with van der Waals surface area (Å²) in [5, 5.41) is 11.5. The number of piperidine rings is 1. The van der Waals surface area contributed by atoms with Crippen LogP contribution in [0.3, 0.4) is 0 Å². The van der Waals surface area contributed by atoms with Gasteiger partial charge in [-0.15, -0.1) is 0 Å². The second kappa shape index (κ2) is 13.9. The van der Waals surface area contributed by atoms with Crippen LogP contribution in [0.25, 0.3) is 5.57 Å². The van der Waals surface area contributed by atoms with Crippen molar-refractivity contribution in [3.63, 3.8) is 0 Å². The molecule has 1 atom stereocenters. The summed E-state index contributed by atoms with van der Waals surface area (Å²) < 4.78 is 12.2. The molecule has 5 rings (SSSR count). The van der Waals surface area contributed by atoms with Crippen molar-refractivity contribution in [1.29, 1.82) is 0 Å². The SMILES string of the molecule is COc1cc(CC(=O)NN(c2c(C)cccc2N2CCCCC2)C2(OC)C=CC(c3ccccc3)=C(C)C2)c(Br)cc1C(=O)O. The smallest absolute Gasteiger partial charge is 0.339 e. The van der Waals surface area contributed by atoms with Crippen LogP contribution in [0.15, 0.2) is 82.9 Å². The molecule has 1 aliphatic carbocycles. The first-order valence-electron chi connectivity index (χ1n) is 15.2. The molecule has 1 aliphatic heterocycles. The average molecular weight is 675 g/mol. The standard InChI is InChI=1S/C36H40BrN3O5/c1-24-12-11-15-31(39-18-9-6-10-19-39)34(24)40(36(45-4)17-16-28(25(2)23-36)26-13-7-5-8-14-26)38-33(41)21-27-20-32(44-3)29(35(42)43)22-30(27)37/h5,7-8,11-17,20,22H,6,9-10,18-19,21,23H2,1-4H3,(H,38,41)(H,42,43). The zero-order chi connectivity index (χ0) is 32.1. The lowest BCUT2D eigenvalue weighted by Crippen LogP contribution is -2.59. The van der Waals surface area contributed by atoms with Gasteiger partial charge in [0.05, 0.1) is 24.9 Å². The number of aromatic carboxylic acids is 1. The third-order valence-electron chi connectivity index (χ3n) is 8.63. The van der Waals surface area contributed by atoms with Gasteiger partial charge < -0.3 is 19.5 Å². The normalized spacial score (nSPS) is 18.1. The Labute approximate surface area is 273 Å². The van der Waals surface area contributed by atoms with Crippen molar-refractivity contribution < 1.29 is 24.2 Å². The molecule has 1 fully saturated rings. The molecule has 45 heavy (non-hydrogen) atoms. The molecule has 9 heteroatoms. The van der Waals surface area contributed by atoms with E-state index < -0.39 is 11.7 Å². The Morgan fingerprint density at radius 2 is 1.76 bits per heavy atom. The third-order valence-corrected chi connectivity index (χ3v) is 9.37. The largest absolute Gasteiger partial charge is 0.496 e. The van der Waals surface area contributed by atoms with Crippen molar-refractivity contribution >= 4 is 44.8 Å². The van der Waals surface area contributed by atoms with Crippen LogP contribution in [0.5, 0.6) is 5.75 Å². The van der Waals surface area contributed by atoms with Crippen molar-refractivity contribution in [2.24, 2.45) is 0 Å². The lowest BCUT2D eigenvalue weighted by atomic mass is 9.88. The molecule has 236 valence electrons. The molecule has 3 aromatic rings. The fourth-order valence-electron chi connectivity index (χ4n) is 6.30. The topological polar surface area (TPSA) is 91.3 Å². The molecule has 0 saturated carbocycles. The Morgan fingerprint density at radius 3 is 2.40 bits per heavy atom. The fourth-order valence-corrected chi connectivity index (χ4v) is 6.79. The minimum atomic E-state index is -1.11. The van der Waals surface area contributed by atoms with Crippen LogP contribution in [0, 0.1) is 6.92 Å². The highest BCUT2D eigenvalue weighted by Gasteiger charge is 2.41. The number of amides is 1. The minimum absolute atomic E-state index is 0.0170. The number of carboxylic acid groups (broad SMARTS) is 1. The van der Waals surface area contributed by atoms with E-state index in [4.69, 9.17) is 9.47 Å². The van der Waals surface area contributed by atoms with Crippen molar-refractivity contribution in [2.75, 3.05) is 37.2 Å². The summed E-state index contributed by atoms with van der Waals surface area (Å²) in [4.78, 5) is 28.1. The zero-order valence-electron chi connectivity index (χ0n) is 26.2. The molecule has 1 amide bonds. The Hall–Kier alpha value is -4.08. The lowest BCUT2D eigenvalue weighted by Gasteiger charge is -2.46. The molecule has 2 N–H and O–H groups in total. The van der Waals surface area contributed by atoms with Gasteiger partial charge >= 0.3 is 5.97 Å². The van der Waals surface area contributed by atoms with Crippen LogP contribution in [0.1, 0.15) is 59.7 Å². The summed E-state index contributed by atoms with van der Waals surface area (Å²) in [5.41, 5.74) is 9.16. The second-order valence-corrected chi connectivity index (χ2v) is 12.5. The summed E-state index contributed by atoms with van der Waals surface area (Å²) in [6, 6.07) is 19.6. The maximum absolute atomic E-state index is 14.0. The molecular weight excluding hydrogens is 634 g/mol. The van der Waals surface area contributed by atoms with E-state index in [-0.39, 0.29) is 23.6 Å². The van der Waals surface area contributed by atoms with Gasteiger partial charge in [0.2, 0.25) is 5.91 Å². The number of nitrogens with zero attached hydrogens (tertiary/aromatic N) is 2. The van der Waals surface area contributed by atoms with Crippen LogP contribution in [-0.2, 0) is 16.0 Å². The summed E-state index contributed by atoms with van der Waals surface area (Å²) in [7, 11) is 3.09. The number of methoxy groups -OCH3 is 2. The van der Waals surface area contributed by atoms with Crippen LogP contribution in [0.2, 0.25) is 0 Å². The third kappa shape index (κ3) is 6.79. The number of rotatable bonds is 10. The van der Waals surface area contributed by atoms with Gasteiger partial charge in [0.15, 0.2) is 5.72 Å². The summed E-state index contributed by atoms with van der Waals surface area (Å²) in [6.45, 7) is 6.04. The van der Waals surface area contributed by atoms with Gasteiger partial charge in [-0.25, -0.2) is 9.80 Å². The Bertz CT molecular complexity index is 1630. The van der Waals surface area contributed by atoms with E-state index in [2.05, 4.69) is 76.5 Å². The highest BCUT2D eigenvalue weighted by Crippen LogP contribution is 2.43. The maximum atomic E-state index is 14.0. The molecule has 0 aromatic heterocycles. The van der Waals surface area contributed by atoms with Gasteiger partial charge in [0.25, 0.3) is 0 Å². The van der Waals surface area contributed by atoms with E-state index in [0.29, 0.717) is 16.5 Å². The Balaban J connectivity index is 1.57. The summed E-state index contributed by atoms with van der Waals surface area (Å²) in [6.07, 6.45) is 8.04. The van der Waals surface area contributed by atoms with Crippen LogP contribution < -0.4 is 20.1 Å². The van der Waals surface area contributed by atoms with E-state index in [0.717, 1.165) is 59.6 Å². The minimum Gasteiger partial charge on any atom is -0.496 e. The molecule has 2 aliphatic rings. The highest BCUT2D eigenvalue weighted by atomic mass is 79.9. The van der Waals surface area contributed by atoms with Crippen molar-refractivity contribution in [3.8, 4) is 5.75 Å². The average Bonchev–Trinajstić information content (AvgIpc) is 3.05. The number of carbonyl (C=O) groups excluding carboxylic acids is 1. The number of anilines is 2. The predicted molar refractivity (Wildman–Crippen MR) is 182 cm³/mol. The molecule has 1 heterocycles. The van der Waals surface area contributed by atoms with Crippen molar-refractivity contribution in [3.05, 3.63) is 105 Å². The van der Waals surface area contributed by atoms with Gasteiger partial charge in [0, 0.05) is 31.1 Å². The van der Waals surface area contributed by atoms with E-state index in [1.54, 1.807) is 13.2 Å². The zero-order valence-corrected chi connectivity index (χ0v) is 27.8. The highest BCUT2D eigenvalue weighted by molar-refractivity contribution is 9.10. The number of benzene rings is 3. The lowest BCUT2D eigenvalue weighted by molar-refractivity contribution is -0.122. The predicted octanol–water partition coefficient (Wildman–Crippen LogP) is 7.31. The number of halogens is 1. The molecule has 3 aromatic carbocycles. The van der Waals surface area contributed by atoms with Gasteiger partial charge in [-0.1, -0.05) is 70.0 Å². The van der Waals surface area contributed by atoms with Gasteiger partial charge in [-0.3, -0.25) is 10.2 Å². The maximum Gasteiger partial charge on any atom is 0.339 e. The van der Waals surface area contributed by atoms with Gasteiger partial charge in [0.1, 0.15) is 11.3 Å². The van der Waals surface area contributed by atoms with Crippen LogP contribution >= 0.6 is 15.9 Å². The number of carbonyl (C=O) groups is 2. The Morgan fingerprint density at radius 1 is 1.02 bits per heavy atom. The molecule has 0 radical (unpaired) electrons. The van der Waals surface area contributed by atoms with E-state index in [1.165, 1.54) is 19.6 Å². The molecule has 1 saturated heterocycles. The number of hydrazine groups is 1. The van der Waals surface area contributed by atoms with Crippen molar-refractivity contribution in [2.45, 2.75) is 51.7 Å². The van der Waals surface area contributed by atoms with Crippen LogP contribution in [-0.4, -0.2) is 50.0 Å². The van der Waals surface area contributed by atoms with Crippen molar-refractivity contribution in [1.82, 2.24) is 5.43 Å². The first-order chi connectivity index (χ1) is 21.7. The monoisotopic (exact) mass is 673 g/mol. The summed E-state index contributed by atoms with van der Waals surface area (Å²) in [5.74, 6) is -1.20. The van der Waals surface area contributed by atoms with E-state index >= 15 is 0 Å². The number of para-hydroxylation sites is 1. The fraction of sp³-hybridized carbons (Fsp3) is 0.333. The number of hydrogen-bond acceptors (Lipinski definition) is 6. The van der Waals surface area contributed by atoms with Gasteiger partial charge in [-0.05, 0) is 79.6 Å². The first kappa shape index (κ1) is 32.3.